The summed E-state index contributed by atoms with van der Waals surface area (Å²) in [6, 6.07) is 22.6. The quantitative estimate of drug-likeness (QED) is 0.315. The number of hydrogen-bond donors (Lipinski definition) is 2. The van der Waals surface area contributed by atoms with Gasteiger partial charge in [-0.05, 0) is 66.7 Å². The van der Waals surface area contributed by atoms with E-state index in [0.717, 1.165) is 0 Å². The second-order valence-corrected chi connectivity index (χ2v) is 8.26. The number of carbonyl (C=O) groups is 2. The van der Waals surface area contributed by atoms with E-state index in [1.54, 1.807) is 100 Å². The van der Waals surface area contributed by atoms with Crippen molar-refractivity contribution in [1.29, 1.82) is 0 Å². The van der Waals surface area contributed by atoms with Crippen molar-refractivity contribution < 1.29 is 14.3 Å². The highest BCUT2D eigenvalue weighted by Crippen LogP contribution is 2.24. The summed E-state index contributed by atoms with van der Waals surface area (Å²) in [6.45, 7) is 3.47. The summed E-state index contributed by atoms with van der Waals surface area (Å²) in [5, 5.41) is 5.57. The van der Waals surface area contributed by atoms with E-state index >= 15 is 0 Å². The largest absolute Gasteiger partial charge is 0.496 e. The number of fused-ring (bicyclic) bond motifs is 1. The fraction of sp³-hybridized carbons (Fsp3) is 0.0345. The summed E-state index contributed by atoms with van der Waals surface area (Å²) in [5.74, 6) is -0.183. The summed E-state index contributed by atoms with van der Waals surface area (Å²) in [7, 11) is 1.51. The Bertz CT molecular complexity index is 1730. The number of aromatic nitrogens is 3. The van der Waals surface area contributed by atoms with Crippen LogP contribution in [0, 0.1) is 0 Å². The smallest absolute Gasteiger partial charge is 0.338 e. The molecule has 9 heteroatoms. The van der Waals surface area contributed by atoms with Crippen LogP contribution in [0.15, 0.2) is 109 Å². The normalized spacial score (nSPS) is 10.7. The minimum Gasteiger partial charge on any atom is -0.496 e. The number of nitrogens with zero attached hydrogens (tertiary/aromatic N) is 3. The van der Waals surface area contributed by atoms with Gasteiger partial charge in [0.05, 0.1) is 41.3 Å². The molecular formula is C29H23N5O4. The van der Waals surface area contributed by atoms with Crippen LogP contribution in [0.2, 0.25) is 0 Å². The second-order valence-electron chi connectivity index (χ2n) is 8.26. The predicted octanol–water partition coefficient (Wildman–Crippen LogP) is 4.56. The highest BCUT2D eigenvalue weighted by atomic mass is 16.5. The molecule has 0 radical (unpaired) electrons. The monoisotopic (exact) mass is 505 g/mol. The van der Waals surface area contributed by atoms with E-state index in [-0.39, 0.29) is 17.5 Å². The first kappa shape index (κ1) is 24.3. The summed E-state index contributed by atoms with van der Waals surface area (Å²) in [6.07, 6.45) is 4.41. The predicted molar refractivity (Wildman–Crippen MR) is 146 cm³/mol. The van der Waals surface area contributed by atoms with Gasteiger partial charge in [-0.15, -0.1) is 0 Å². The molecule has 0 spiro atoms. The molecule has 5 aromatic rings. The molecule has 0 aliphatic carbocycles. The Morgan fingerprint density at radius 3 is 2.39 bits per heavy atom. The third-order valence-corrected chi connectivity index (χ3v) is 5.93. The lowest BCUT2D eigenvalue weighted by molar-refractivity contribution is -0.111. The van der Waals surface area contributed by atoms with Crippen molar-refractivity contribution in [2.75, 3.05) is 17.7 Å². The highest BCUT2D eigenvalue weighted by Gasteiger charge is 2.17. The van der Waals surface area contributed by atoms with Crippen LogP contribution in [0.1, 0.15) is 10.4 Å². The molecule has 0 aliphatic rings. The molecule has 188 valence electrons. The number of benzene rings is 3. The van der Waals surface area contributed by atoms with E-state index in [4.69, 9.17) is 4.74 Å². The molecule has 5 rings (SSSR count). The van der Waals surface area contributed by atoms with Gasteiger partial charge in [-0.25, -0.2) is 4.79 Å². The number of pyridine rings is 1. The molecule has 0 fully saturated rings. The minimum atomic E-state index is -0.348. The van der Waals surface area contributed by atoms with Crippen LogP contribution in [-0.4, -0.2) is 33.0 Å². The number of rotatable bonds is 7. The minimum absolute atomic E-state index is 0.309. The van der Waals surface area contributed by atoms with E-state index < -0.39 is 0 Å². The van der Waals surface area contributed by atoms with Crippen molar-refractivity contribution in [3.63, 3.8) is 0 Å². The van der Waals surface area contributed by atoms with Gasteiger partial charge in [0, 0.05) is 17.6 Å². The molecule has 0 atom stereocenters. The van der Waals surface area contributed by atoms with Crippen LogP contribution in [-0.2, 0) is 4.79 Å². The molecule has 2 N–H and O–H groups in total. The van der Waals surface area contributed by atoms with Crippen LogP contribution < -0.4 is 21.1 Å². The summed E-state index contributed by atoms with van der Waals surface area (Å²) in [4.78, 5) is 42.4. The third kappa shape index (κ3) is 4.56. The fourth-order valence-corrected chi connectivity index (χ4v) is 4.19. The van der Waals surface area contributed by atoms with E-state index in [9.17, 15) is 14.4 Å². The average molecular weight is 506 g/mol. The van der Waals surface area contributed by atoms with Crippen molar-refractivity contribution in [1.82, 2.24) is 14.1 Å². The topological polar surface area (TPSA) is 107 Å². The molecule has 0 aliphatic heterocycles. The van der Waals surface area contributed by atoms with Crippen molar-refractivity contribution in [2.24, 2.45) is 0 Å². The van der Waals surface area contributed by atoms with E-state index in [1.165, 1.54) is 13.2 Å². The number of ether oxygens (including phenoxy) is 1. The first-order valence-electron chi connectivity index (χ1n) is 11.7. The zero-order valence-corrected chi connectivity index (χ0v) is 20.4. The number of methoxy groups -OCH3 is 1. The van der Waals surface area contributed by atoms with Gasteiger partial charge >= 0.3 is 5.69 Å². The van der Waals surface area contributed by atoms with Gasteiger partial charge in [-0.2, -0.15) is 0 Å². The maximum atomic E-state index is 13.7. The van der Waals surface area contributed by atoms with Crippen LogP contribution >= 0.6 is 0 Å². The maximum Gasteiger partial charge on any atom is 0.338 e. The van der Waals surface area contributed by atoms with Gasteiger partial charge in [0.1, 0.15) is 5.75 Å². The van der Waals surface area contributed by atoms with Gasteiger partial charge in [-0.3, -0.25) is 23.7 Å². The molecule has 9 nitrogen and oxygen atoms in total. The number of anilines is 2. The van der Waals surface area contributed by atoms with Crippen molar-refractivity contribution in [3.05, 3.63) is 120 Å². The molecule has 0 unspecified atom stereocenters. The van der Waals surface area contributed by atoms with E-state index in [0.29, 0.717) is 45.1 Å². The Balaban J connectivity index is 1.51. The lowest BCUT2D eigenvalue weighted by Crippen LogP contribution is -2.22. The number of nitrogens with one attached hydrogen (secondary N) is 2. The Hall–Kier alpha value is -5.44. The molecule has 38 heavy (non-hydrogen) atoms. The molecule has 0 saturated heterocycles. The fourth-order valence-electron chi connectivity index (χ4n) is 4.19. The summed E-state index contributed by atoms with van der Waals surface area (Å²) in [5.41, 5.74) is 3.61. The van der Waals surface area contributed by atoms with Gasteiger partial charge in [0.25, 0.3) is 5.91 Å². The Kier molecular flexibility index (Phi) is 6.56. The summed E-state index contributed by atoms with van der Waals surface area (Å²) >= 11 is 0. The Labute approximate surface area is 217 Å². The number of carbonyl (C=O) groups excluding carboxylic acids is 2. The molecule has 3 aromatic carbocycles. The van der Waals surface area contributed by atoms with Crippen LogP contribution in [0.5, 0.6) is 5.75 Å². The Morgan fingerprint density at radius 2 is 1.63 bits per heavy atom. The zero-order chi connectivity index (χ0) is 26.6. The van der Waals surface area contributed by atoms with Crippen LogP contribution in [0.25, 0.3) is 22.4 Å². The van der Waals surface area contributed by atoms with Gasteiger partial charge in [-0.1, -0.05) is 24.8 Å². The lowest BCUT2D eigenvalue weighted by Gasteiger charge is -2.10. The average Bonchev–Trinajstić information content (AvgIpc) is 3.25. The van der Waals surface area contributed by atoms with E-state index in [1.807, 2.05) is 0 Å². The second kappa shape index (κ2) is 10.3. The number of amides is 2. The number of imidazole rings is 1. The van der Waals surface area contributed by atoms with Crippen molar-refractivity contribution in [2.45, 2.75) is 0 Å². The first-order valence-corrected chi connectivity index (χ1v) is 11.7. The van der Waals surface area contributed by atoms with Crippen molar-refractivity contribution in [3.8, 4) is 17.1 Å². The van der Waals surface area contributed by atoms with Crippen LogP contribution in [0.4, 0.5) is 11.4 Å². The number of para-hydroxylation sites is 1. The Morgan fingerprint density at radius 1 is 0.868 bits per heavy atom. The van der Waals surface area contributed by atoms with Crippen molar-refractivity contribution >= 4 is 34.2 Å². The van der Waals surface area contributed by atoms with Gasteiger partial charge in [0.15, 0.2) is 0 Å². The highest BCUT2D eigenvalue weighted by molar-refractivity contribution is 6.06. The number of hydrogen-bond acceptors (Lipinski definition) is 5. The molecule has 2 aromatic heterocycles. The molecule has 0 saturated carbocycles. The molecule has 2 heterocycles. The summed E-state index contributed by atoms with van der Waals surface area (Å²) < 4.78 is 8.37. The maximum absolute atomic E-state index is 13.7. The standard InChI is InChI=1S/C29H23N5O4/c1-3-27(35)31-20-7-6-8-22(17-20)34-24-15-16-30-18-25(24)33(29(34)37)21-13-11-19(12-14-21)32-28(36)23-9-4-5-10-26(23)38-2/h3-18H,1H2,2H3,(H,31,35)(H,32,36). The zero-order valence-electron chi connectivity index (χ0n) is 20.4. The molecular weight excluding hydrogens is 482 g/mol. The van der Waals surface area contributed by atoms with Gasteiger partial charge in [0.2, 0.25) is 5.91 Å². The lowest BCUT2D eigenvalue weighted by atomic mass is 10.2. The SMILES string of the molecule is C=CC(=O)Nc1cccc(-n2c(=O)n(-c3ccc(NC(=O)c4ccccc4OC)cc3)c3cnccc32)c1. The first-order chi connectivity index (χ1) is 18.5. The molecule has 2 amide bonds. The van der Waals surface area contributed by atoms with E-state index in [2.05, 4.69) is 22.2 Å². The third-order valence-electron chi connectivity index (χ3n) is 5.93. The van der Waals surface area contributed by atoms with Gasteiger partial charge < -0.3 is 15.4 Å². The van der Waals surface area contributed by atoms with Crippen LogP contribution in [0.3, 0.4) is 0 Å². The molecule has 0 bridgehead atoms.